The van der Waals surface area contributed by atoms with Gasteiger partial charge in [0.25, 0.3) is 0 Å². The summed E-state index contributed by atoms with van der Waals surface area (Å²) in [7, 11) is 0. The van der Waals surface area contributed by atoms with Gasteiger partial charge in [-0.05, 0) is 31.4 Å². The lowest BCUT2D eigenvalue weighted by Crippen LogP contribution is -2.69. The standard InChI is InChI=1S/C20H29N3O2S/c1-14-7-8-16(26-14)12-22-9-10-23-18(13-22)19(24)21-17(20(23)25)11-15-5-3-2-4-6-15/h7-8,15,17-18H,2-6,9-13H2,1H3,(H,21,24)/t17-,18+/m0/s1. The fourth-order valence-corrected chi connectivity index (χ4v) is 5.64. The molecule has 1 saturated carbocycles. The van der Waals surface area contributed by atoms with Crippen molar-refractivity contribution in [3.8, 4) is 0 Å². The lowest BCUT2D eigenvalue weighted by atomic mass is 9.84. The molecule has 3 aliphatic rings. The number of hydrogen-bond acceptors (Lipinski definition) is 4. The first-order valence-electron chi connectivity index (χ1n) is 9.98. The summed E-state index contributed by atoms with van der Waals surface area (Å²) in [5.41, 5.74) is 0. The molecule has 0 unspecified atom stereocenters. The molecule has 3 fully saturated rings. The lowest BCUT2D eigenvalue weighted by Gasteiger charge is -2.45. The zero-order valence-corrected chi connectivity index (χ0v) is 16.4. The van der Waals surface area contributed by atoms with Crippen LogP contribution in [0, 0.1) is 12.8 Å². The Morgan fingerprint density at radius 3 is 2.69 bits per heavy atom. The van der Waals surface area contributed by atoms with Gasteiger partial charge in [-0.1, -0.05) is 32.1 Å². The van der Waals surface area contributed by atoms with E-state index in [1.165, 1.54) is 41.9 Å². The first-order chi connectivity index (χ1) is 12.6. The van der Waals surface area contributed by atoms with Crippen LogP contribution in [0.25, 0.3) is 0 Å². The van der Waals surface area contributed by atoms with Gasteiger partial charge in [-0.25, -0.2) is 0 Å². The number of amides is 2. The van der Waals surface area contributed by atoms with Crippen LogP contribution in [0.15, 0.2) is 12.1 Å². The van der Waals surface area contributed by atoms with Crippen molar-refractivity contribution in [3.05, 3.63) is 21.9 Å². The quantitative estimate of drug-likeness (QED) is 0.880. The Hall–Kier alpha value is -1.40. The first kappa shape index (κ1) is 18.0. The molecule has 0 aromatic carbocycles. The number of piperazine rings is 2. The van der Waals surface area contributed by atoms with Gasteiger partial charge in [-0.3, -0.25) is 14.5 Å². The number of thiophene rings is 1. The Kier molecular flexibility index (Phi) is 5.32. The molecule has 1 aromatic rings. The van der Waals surface area contributed by atoms with Crippen LogP contribution >= 0.6 is 11.3 Å². The smallest absolute Gasteiger partial charge is 0.245 e. The Morgan fingerprint density at radius 1 is 1.15 bits per heavy atom. The van der Waals surface area contributed by atoms with Crippen LogP contribution in [0.3, 0.4) is 0 Å². The third kappa shape index (κ3) is 3.81. The molecule has 142 valence electrons. The van der Waals surface area contributed by atoms with Crippen molar-refractivity contribution in [2.75, 3.05) is 19.6 Å². The minimum atomic E-state index is -0.320. The van der Waals surface area contributed by atoms with E-state index in [-0.39, 0.29) is 23.9 Å². The number of fused-ring (bicyclic) bond motifs is 1. The fourth-order valence-electron chi connectivity index (χ4n) is 4.71. The maximum Gasteiger partial charge on any atom is 0.245 e. The van der Waals surface area contributed by atoms with Gasteiger partial charge in [0.05, 0.1) is 0 Å². The van der Waals surface area contributed by atoms with Crippen molar-refractivity contribution in [2.45, 2.75) is 64.1 Å². The largest absolute Gasteiger partial charge is 0.342 e. The number of rotatable bonds is 4. The second-order valence-corrected chi connectivity index (χ2v) is 9.47. The van der Waals surface area contributed by atoms with Crippen LogP contribution in [-0.4, -0.2) is 53.3 Å². The molecule has 2 amide bonds. The van der Waals surface area contributed by atoms with Gasteiger partial charge < -0.3 is 10.2 Å². The van der Waals surface area contributed by atoms with Crippen molar-refractivity contribution >= 4 is 23.2 Å². The predicted molar refractivity (Wildman–Crippen MR) is 103 cm³/mol. The van der Waals surface area contributed by atoms with E-state index in [1.54, 1.807) is 0 Å². The van der Waals surface area contributed by atoms with E-state index >= 15 is 0 Å². The molecule has 5 nitrogen and oxygen atoms in total. The maximum atomic E-state index is 12.9. The van der Waals surface area contributed by atoms with Gasteiger partial charge in [-0.15, -0.1) is 11.3 Å². The van der Waals surface area contributed by atoms with Crippen LogP contribution in [0.1, 0.15) is 48.3 Å². The highest BCUT2D eigenvalue weighted by molar-refractivity contribution is 7.11. The highest BCUT2D eigenvalue weighted by atomic mass is 32.1. The molecule has 1 aliphatic carbocycles. The van der Waals surface area contributed by atoms with Crippen molar-refractivity contribution < 1.29 is 9.59 Å². The molecule has 2 aliphatic heterocycles. The van der Waals surface area contributed by atoms with Crippen LogP contribution in [0.4, 0.5) is 0 Å². The van der Waals surface area contributed by atoms with Gasteiger partial charge in [-0.2, -0.15) is 0 Å². The zero-order valence-electron chi connectivity index (χ0n) is 15.6. The normalized spacial score (nSPS) is 28.1. The van der Waals surface area contributed by atoms with E-state index in [0.29, 0.717) is 19.0 Å². The summed E-state index contributed by atoms with van der Waals surface area (Å²) in [5, 5.41) is 3.05. The SMILES string of the molecule is Cc1ccc(CN2CCN3C(=O)[C@H](CC4CCCCC4)NC(=O)[C@H]3C2)s1. The summed E-state index contributed by atoms with van der Waals surface area (Å²) < 4.78 is 0. The highest BCUT2D eigenvalue weighted by Gasteiger charge is 2.43. The Balaban J connectivity index is 1.37. The molecular weight excluding hydrogens is 346 g/mol. The molecule has 1 aromatic heterocycles. The highest BCUT2D eigenvalue weighted by Crippen LogP contribution is 2.29. The van der Waals surface area contributed by atoms with Gasteiger partial charge in [0, 0.05) is 35.9 Å². The molecule has 1 N–H and O–H groups in total. The lowest BCUT2D eigenvalue weighted by molar-refractivity contribution is -0.153. The Labute approximate surface area is 159 Å². The zero-order chi connectivity index (χ0) is 18.1. The van der Waals surface area contributed by atoms with Crippen LogP contribution in [0.5, 0.6) is 0 Å². The van der Waals surface area contributed by atoms with Crippen LogP contribution < -0.4 is 5.32 Å². The molecule has 2 saturated heterocycles. The third-order valence-electron chi connectivity index (χ3n) is 6.13. The third-order valence-corrected chi connectivity index (χ3v) is 7.12. The number of nitrogens with zero attached hydrogens (tertiary/aromatic N) is 2. The minimum Gasteiger partial charge on any atom is -0.342 e. The van der Waals surface area contributed by atoms with E-state index in [0.717, 1.165) is 19.5 Å². The average molecular weight is 376 g/mol. The molecule has 3 heterocycles. The fraction of sp³-hybridized carbons (Fsp3) is 0.700. The van der Waals surface area contributed by atoms with Crippen molar-refractivity contribution in [1.82, 2.24) is 15.1 Å². The molecule has 6 heteroatoms. The predicted octanol–water partition coefficient (Wildman–Crippen LogP) is 2.54. The topological polar surface area (TPSA) is 52.6 Å². The van der Waals surface area contributed by atoms with E-state index in [1.807, 2.05) is 16.2 Å². The second kappa shape index (κ2) is 7.69. The number of aryl methyl sites for hydroxylation is 1. The molecule has 2 atom stereocenters. The summed E-state index contributed by atoms with van der Waals surface area (Å²) in [6.07, 6.45) is 7.08. The summed E-state index contributed by atoms with van der Waals surface area (Å²) in [5.74, 6) is 0.780. The van der Waals surface area contributed by atoms with Crippen molar-refractivity contribution in [3.63, 3.8) is 0 Å². The molecule has 0 radical (unpaired) electrons. The van der Waals surface area contributed by atoms with Gasteiger partial charge in [0.2, 0.25) is 11.8 Å². The molecule has 0 bridgehead atoms. The van der Waals surface area contributed by atoms with Crippen LogP contribution in [-0.2, 0) is 16.1 Å². The van der Waals surface area contributed by atoms with Crippen LogP contribution in [0.2, 0.25) is 0 Å². The van der Waals surface area contributed by atoms with E-state index in [4.69, 9.17) is 0 Å². The monoisotopic (exact) mass is 375 g/mol. The molecule has 26 heavy (non-hydrogen) atoms. The summed E-state index contributed by atoms with van der Waals surface area (Å²) in [6, 6.07) is 3.69. The summed E-state index contributed by atoms with van der Waals surface area (Å²) >= 11 is 1.81. The molecular formula is C20H29N3O2S. The van der Waals surface area contributed by atoms with Gasteiger partial charge in [0.15, 0.2) is 0 Å². The van der Waals surface area contributed by atoms with Gasteiger partial charge >= 0.3 is 0 Å². The van der Waals surface area contributed by atoms with E-state index < -0.39 is 0 Å². The van der Waals surface area contributed by atoms with Gasteiger partial charge in [0.1, 0.15) is 12.1 Å². The maximum absolute atomic E-state index is 12.9. The summed E-state index contributed by atoms with van der Waals surface area (Å²) in [4.78, 5) is 32.4. The first-order valence-corrected chi connectivity index (χ1v) is 10.8. The number of carbonyl (C=O) groups is 2. The van der Waals surface area contributed by atoms with Crippen molar-refractivity contribution in [1.29, 1.82) is 0 Å². The van der Waals surface area contributed by atoms with E-state index in [2.05, 4.69) is 29.3 Å². The number of carbonyl (C=O) groups excluding carboxylic acids is 2. The van der Waals surface area contributed by atoms with E-state index in [9.17, 15) is 9.59 Å². The second-order valence-electron chi connectivity index (χ2n) is 8.10. The Bertz CT molecular complexity index is 668. The minimum absolute atomic E-state index is 0.0393. The summed E-state index contributed by atoms with van der Waals surface area (Å²) in [6.45, 7) is 5.15. The number of hydrogen-bond donors (Lipinski definition) is 1. The van der Waals surface area contributed by atoms with Crippen molar-refractivity contribution in [2.24, 2.45) is 5.92 Å². The Morgan fingerprint density at radius 2 is 1.96 bits per heavy atom. The number of nitrogens with one attached hydrogen (secondary N) is 1. The molecule has 4 rings (SSSR count). The molecule has 0 spiro atoms. The average Bonchev–Trinajstić information content (AvgIpc) is 3.05.